The zero-order chi connectivity index (χ0) is 24.9. The van der Waals surface area contributed by atoms with E-state index in [1.807, 2.05) is 12.4 Å². The molecule has 2 heterocycles. The molecule has 190 valence electrons. The van der Waals surface area contributed by atoms with E-state index in [4.69, 9.17) is 10.5 Å². The van der Waals surface area contributed by atoms with Crippen molar-refractivity contribution < 1.29 is 9.53 Å². The average Bonchev–Trinajstić information content (AvgIpc) is 3.52. The second-order valence-electron chi connectivity index (χ2n) is 12.0. The van der Waals surface area contributed by atoms with Crippen molar-refractivity contribution in [3.8, 4) is 0 Å². The van der Waals surface area contributed by atoms with Gasteiger partial charge in [0.2, 0.25) is 0 Å². The number of imidazole rings is 1. The zero-order valence-electron chi connectivity index (χ0n) is 21.5. The Kier molecular flexibility index (Phi) is 5.90. The number of fused-ring (bicyclic) bond motifs is 5. The van der Waals surface area contributed by atoms with Crippen molar-refractivity contribution in [2.75, 3.05) is 0 Å². The van der Waals surface area contributed by atoms with E-state index in [1.54, 1.807) is 12.5 Å². The number of H-pyrrole nitrogens is 1. The summed E-state index contributed by atoms with van der Waals surface area (Å²) in [6.07, 6.45) is 20.3. The molecule has 0 spiro atoms. The van der Waals surface area contributed by atoms with Crippen LogP contribution in [0.15, 0.2) is 54.8 Å². The minimum atomic E-state index is -0.675. The molecule has 0 bridgehead atoms. The van der Waals surface area contributed by atoms with Gasteiger partial charge in [0, 0.05) is 31.4 Å². The first-order valence-corrected chi connectivity index (χ1v) is 13.6. The summed E-state index contributed by atoms with van der Waals surface area (Å²) in [5.41, 5.74) is 11.7. The molecule has 0 aliphatic heterocycles. The number of hydrogen-bond acceptors (Lipinski definition) is 5. The van der Waals surface area contributed by atoms with Crippen molar-refractivity contribution in [3.63, 3.8) is 0 Å². The molecule has 0 saturated heterocycles. The van der Waals surface area contributed by atoms with Crippen molar-refractivity contribution in [1.29, 1.82) is 0 Å². The number of aromatic amines is 1. The minimum absolute atomic E-state index is 0.0715. The van der Waals surface area contributed by atoms with Gasteiger partial charge < -0.3 is 15.5 Å². The second kappa shape index (κ2) is 8.98. The molecule has 6 heteroatoms. The lowest BCUT2D eigenvalue weighted by Crippen LogP contribution is -2.50. The topological polar surface area (TPSA) is 93.9 Å². The van der Waals surface area contributed by atoms with Crippen LogP contribution in [0.2, 0.25) is 0 Å². The molecule has 0 aromatic carbocycles. The highest BCUT2D eigenvalue weighted by Gasteiger charge is 2.57. The monoisotopic (exact) mass is 486 g/mol. The lowest BCUT2D eigenvalue weighted by atomic mass is 9.47. The highest BCUT2D eigenvalue weighted by atomic mass is 16.5. The van der Waals surface area contributed by atoms with Crippen LogP contribution in [0.1, 0.15) is 70.1 Å². The van der Waals surface area contributed by atoms with E-state index in [1.165, 1.54) is 36.0 Å². The summed E-state index contributed by atoms with van der Waals surface area (Å²) >= 11 is 0. The molecular formula is C30H38N4O2. The third-order valence-electron chi connectivity index (χ3n) is 10.2. The molecule has 4 aliphatic carbocycles. The molecule has 36 heavy (non-hydrogen) atoms. The third kappa shape index (κ3) is 3.85. The molecule has 7 atom stereocenters. The summed E-state index contributed by atoms with van der Waals surface area (Å²) < 4.78 is 5.92. The van der Waals surface area contributed by atoms with Crippen molar-refractivity contribution in [1.82, 2.24) is 15.0 Å². The van der Waals surface area contributed by atoms with Gasteiger partial charge in [-0.3, -0.25) is 9.78 Å². The van der Waals surface area contributed by atoms with Crippen LogP contribution in [0.5, 0.6) is 0 Å². The Morgan fingerprint density at radius 1 is 1.19 bits per heavy atom. The molecule has 2 aromatic heterocycles. The van der Waals surface area contributed by atoms with E-state index < -0.39 is 6.04 Å². The first-order chi connectivity index (χ1) is 17.4. The maximum absolute atomic E-state index is 12.7. The SMILES string of the molecule is C[C@]12CC[C@H](OC(=O)C(N)Cc3c[nH]cn3)CC1=CC[C@@H]1[C@@H]2CC[C@]2(C)C(c3cccnc3)=CC[C@@H]12. The van der Waals surface area contributed by atoms with Crippen LogP contribution < -0.4 is 5.73 Å². The number of nitrogens with two attached hydrogens (primary N) is 1. The van der Waals surface area contributed by atoms with Crippen molar-refractivity contribution in [3.05, 3.63) is 66.0 Å². The fourth-order valence-corrected chi connectivity index (χ4v) is 8.23. The zero-order valence-corrected chi connectivity index (χ0v) is 21.5. The number of hydrogen-bond donors (Lipinski definition) is 2. The Morgan fingerprint density at radius 2 is 2.06 bits per heavy atom. The number of nitrogens with zero attached hydrogens (tertiary/aromatic N) is 2. The summed E-state index contributed by atoms with van der Waals surface area (Å²) in [7, 11) is 0. The summed E-state index contributed by atoms with van der Waals surface area (Å²) in [5.74, 6) is 1.80. The molecule has 0 radical (unpaired) electrons. The highest BCUT2D eigenvalue weighted by Crippen LogP contribution is 2.66. The van der Waals surface area contributed by atoms with E-state index in [0.717, 1.165) is 31.4 Å². The van der Waals surface area contributed by atoms with E-state index >= 15 is 0 Å². The number of allylic oxidation sites excluding steroid dienone is 3. The van der Waals surface area contributed by atoms with Crippen LogP contribution >= 0.6 is 0 Å². The molecule has 4 aliphatic rings. The number of carbonyl (C=O) groups excluding carboxylic acids is 1. The van der Waals surface area contributed by atoms with Gasteiger partial charge in [0.1, 0.15) is 12.1 Å². The predicted molar refractivity (Wildman–Crippen MR) is 139 cm³/mol. The van der Waals surface area contributed by atoms with E-state index in [-0.39, 0.29) is 22.9 Å². The van der Waals surface area contributed by atoms with Gasteiger partial charge in [-0.1, -0.05) is 37.6 Å². The van der Waals surface area contributed by atoms with Crippen LogP contribution in [0.25, 0.3) is 5.57 Å². The van der Waals surface area contributed by atoms with Crippen LogP contribution in [0.4, 0.5) is 0 Å². The van der Waals surface area contributed by atoms with Gasteiger partial charge in [-0.2, -0.15) is 0 Å². The number of nitrogens with one attached hydrogen (secondary N) is 1. The lowest BCUT2D eigenvalue weighted by molar-refractivity contribution is -0.153. The van der Waals surface area contributed by atoms with Gasteiger partial charge in [0.15, 0.2) is 0 Å². The van der Waals surface area contributed by atoms with Gasteiger partial charge >= 0.3 is 5.97 Å². The number of aromatic nitrogens is 3. The first kappa shape index (κ1) is 23.7. The molecule has 2 aromatic rings. The van der Waals surface area contributed by atoms with Crippen LogP contribution in [0, 0.1) is 28.6 Å². The summed E-state index contributed by atoms with van der Waals surface area (Å²) in [6, 6.07) is 3.61. The number of pyridine rings is 1. The van der Waals surface area contributed by atoms with E-state index in [9.17, 15) is 4.79 Å². The molecule has 6 rings (SSSR count). The summed E-state index contributed by atoms with van der Waals surface area (Å²) in [6.45, 7) is 4.99. The fourth-order valence-electron chi connectivity index (χ4n) is 8.23. The summed E-state index contributed by atoms with van der Waals surface area (Å²) in [5, 5.41) is 0. The Hall–Kier alpha value is -2.73. The third-order valence-corrected chi connectivity index (χ3v) is 10.2. The van der Waals surface area contributed by atoms with E-state index in [2.05, 4.69) is 53.1 Å². The predicted octanol–water partition coefficient (Wildman–Crippen LogP) is 5.24. The van der Waals surface area contributed by atoms with Gasteiger partial charge in [-0.15, -0.1) is 0 Å². The van der Waals surface area contributed by atoms with Gasteiger partial charge in [0.25, 0.3) is 0 Å². The quantitative estimate of drug-likeness (QED) is 0.445. The number of carbonyl (C=O) groups is 1. The van der Waals surface area contributed by atoms with Gasteiger partial charge in [0.05, 0.1) is 12.0 Å². The molecular weight excluding hydrogens is 448 g/mol. The lowest BCUT2D eigenvalue weighted by Gasteiger charge is -2.57. The highest BCUT2D eigenvalue weighted by molar-refractivity contribution is 5.76. The molecule has 6 nitrogen and oxygen atoms in total. The Labute approximate surface area is 213 Å². The molecule has 3 N–H and O–H groups in total. The van der Waals surface area contributed by atoms with Crippen LogP contribution in [0.3, 0.4) is 0 Å². The van der Waals surface area contributed by atoms with Crippen molar-refractivity contribution >= 4 is 11.5 Å². The number of rotatable bonds is 5. The molecule has 2 saturated carbocycles. The Morgan fingerprint density at radius 3 is 2.83 bits per heavy atom. The maximum atomic E-state index is 12.7. The Balaban J connectivity index is 1.14. The second-order valence-corrected chi connectivity index (χ2v) is 12.0. The Bertz CT molecular complexity index is 1170. The maximum Gasteiger partial charge on any atom is 0.323 e. The van der Waals surface area contributed by atoms with Crippen molar-refractivity contribution in [2.45, 2.75) is 77.4 Å². The molecule has 0 amide bonds. The smallest absolute Gasteiger partial charge is 0.323 e. The first-order valence-electron chi connectivity index (χ1n) is 13.6. The summed E-state index contributed by atoms with van der Waals surface area (Å²) in [4.78, 5) is 24.2. The van der Waals surface area contributed by atoms with E-state index in [0.29, 0.717) is 24.2 Å². The molecule has 2 fully saturated rings. The normalized spacial score (nSPS) is 36.1. The van der Waals surface area contributed by atoms with Crippen molar-refractivity contribution in [2.24, 2.45) is 34.3 Å². The van der Waals surface area contributed by atoms with Crippen LogP contribution in [-0.4, -0.2) is 33.1 Å². The van der Waals surface area contributed by atoms with Gasteiger partial charge in [-0.05, 0) is 84.3 Å². The molecule has 1 unspecified atom stereocenters. The van der Waals surface area contributed by atoms with Gasteiger partial charge in [-0.25, -0.2) is 4.98 Å². The largest absolute Gasteiger partial charge is 0.461 e. The van der Waals surface area contributed by atoms with Crippen LogP contribution in [-0.2, 0) is 16.0 Å². The fraction of sp³-hybridized carbons (Fsp3) is 0.567. The standard InChI is InChI=1S/C30H38N4O2/c1-29-11-9-22(36-28(35)27(31)15-21-17-33-18-34-21)14-20(29)5-6-23-25-8-7-24(19-4-3-13-32-16-19)30(25,2)12-10-26(23)29/h3-5,7,13,16-18,22-23,25-27H,6,8-12,14-15,31H2,1-2H3,(H,33,34)/t22-,23-,25-,26-,27?,29-,30+/m0/s1. The number of esters is 1. The average molecular weight is 487 g/mol. The minimum Gasteiger partial charge on any atom is -0.461 e. The number of ether oxygens (including phenoxy) is 1.